The highest BCUT2D eigenvalue weighted by Crippen LogP contribution is 2.49. The van der Waals surface area contributed by atoms with E-state index in [0.717, 1.165) is 41.0 Å². The number of nitrogens with zero attached hydrogens (tertiary/aromatic N) is 1. The van der Waals surface area contributed by atoms with Gasteiger partial charge in [-0.05, 0) is 86.1 Å². The first-order valence-electron chi connectivity index (χ1n) is 13.4. The second-order valence-corrected chi connectivity index (χ2v) is 13.1. The van der Waals surface area contributed by atoms with E-state index in [9.17, 15) is 14.7 Å². The lowest BCUT2D eigenvalue weighted by Crippen LogP contribution is -2.46. The summed E-state index contributed by atoms with van der Waals surface area (Å²) in [4.78, 5) is 30.2. The Labute approximate surface area is 217 Å². The summed E-state index contributed by atoms with van der Waals surface area (Å²) in [6.45, 7) is 5.92. The molecule has 7 heteroatoms. The van der Waals surface area contributed by atoms with Gasteiger partial charge in [-0.1, -0.05) is 45.1 Å². The van der Waals surface area contributed by atoms with E-state index in [2.05, 4.69) is 30.4 Å². The molecule has 3 saturated carbocycles. The Kier molecular flexibility index (Phi) is 6.75. The van der Waals surface area contributed by atoms with Gasteiger partial charge in [-0.25, -0.2) is 4.98 Å². The number of carboxylic acid groups (broad SMARTS) is 1. The molecular weight excluding hydrogens is 472 g/mol. The van der Waals surface area contributed by atoms with E-state index >= 15 is 0 Å². The van der Waals surface area contributed by atoms with Gasteiger partial charge in [0.05, 0.1) is 22.1 Å². The van der Waals surface area contributed by atoms with Crippen LogP contribution in [-0.4, -0.2) is 33.1 Å². The number of nitrogens with one attached hydrogen (secondary N) is 1. The molecule has 0 bridgehead atoms. The Balaban J connectivity index is 1.48. The number of carbonyl (C=O) groups excluding carboxylic acids is 1. The number of rotatable bonds is 8. The van der Waals surface area contributed by atoms with Gasteiger partial charge < -0.3 is 15.5 Å². The smallest absolute Gasteiger partial charge is 0.306 e. The van der Waals surface area contributed by atoms with Crippen molar-refractivity contribution in [3.05, 3.63) is 40.0 Å². The summed E-state index contributed by atoms with van der Waals surface area (Å²) in [5.74, 6) is -0.788. The minimum absolute atomic E-state index is 0.104. The third kappa shape index (κ3) is 5.37. The van der Waals surface area contributed by atoms with E-state index in [1.807, 2.05) is 13.8 Å². The van der Waals surface area contributed by atoms with E-state index in [1.54, 1.807) is 0 Å². The summed E-state index contributed by atoms with van der Waals surface area (Å²) < 4.78 is 0. The molecule has 3 fully saturated rings. The maximum atomic E-state index is 13.1. The summed E-state index contributed by atoms with van der Waals surface area (Å²) in [6, 6.07) is 6.35. The van der Waals surface area contributed by atoms with Crippen LogP contribution in [0.5, 0.6) is 0 Å². The Morgan fingerprint density at radius 3 is 2.44 bits per heavy atom. The van der Waals surface area contributed by atoms with E-state index in [0.29, 0.717) is 23.8 Å². The van der Waals surface area contributed by atoms with E-state index in [1.165, 1.54) is 49.0 Å². The highest BCUT2D eigenvalue weighted by Gasteiger charge is 2.40. The van der Waals surface area contributed by atoms with Crippen molar-refractivity contribution >= 4 is 23.2 Å². The van der Waals surface area contributed by atoms with Crippen LogP contribution < -0.4 is 5.32 Å². The number of hydrogen-bond donors (Lipinski definition) is 3. The van der Waals surface area contributed by atoms with Crippen LogP contribution in [0.1, 0.15) is 105 Å². The molecule has 0 spiro atoms. The highest BCUT2D eigenvalue weighted by atomic mass is 32.1. The third-order valence-corrected chi connectivity index (χ3v) is 9.66. The number of thiazole rings is 1. The van der Waals surface area contributed by atoms with Crippen molar-refractivity contribution in [3.63, 3.8) is 0 Å². The van der Waals surface area contributed by atoms with Gasteiger partial charge >= 0.3 is 5.97 Å². The summed E-state index contributed by atoms with van der Waals surface area (Å²) in [6.07, 6.45) is 10.3. The number of carboxylic acids is 1. The number of benzene rings is 1. The first-order chi connectivity index (χ1) is 17.0. The molecule has 2 aromatic rings. The molecular formula is C29H38N2O4S. The minimum Gasteiger partial charge on any atom is -0.481 e. The largest absolute Gasteiger partial charge is 0.481 e. The van der Waals surface area contributed by atoms with Gasteiger partial charge in [0.15, 0.2) is 5.01 Å². The number of amides is 1. The fourth-order valence-electron chi connectivity index (χ4n) is 5.60. The van der Waals surface area contributed by atoms with Gasteiger partial charge in [-0.2, -0.15) is 0 Å². The van der Waals surface area contributed by atoms with Crippen molar-refractivity contribution in [1.29, 1.82) is 0 Å². The lowest BCUT2D eigenvalue weighted by molar-refractivity contribution is -0.145. The van der Waals surface area contributed by atoms with Crippen LogP contribution in [0.2, 0.25) is 0 Å². The fourth-order valence-corrected chi connectivity index (χ4v) is 6.58. The number of aromatic nitrogens is 1. The van der Waals surface area contributed by atoms with Crippen LogP contribution in [0, 0.1) is 11.8 Å². The topological polar surface area (TPSA) is 99.5 Å². The van der Waals surface area contributed by atoms with Gasteiger partial charge in [-0.15, -0.1) is 11.3 Å². The van der Waals surface area contributed by atoms with Gasteiger partial charge in [0.2, 0.25) is 0 Å². The molecule has 3 aliphatic rings. The summed E-state index contributed by atoms with van der Waals surface area (Å²) in [5.41, 5.74) is 3.34. The molecule has 1 amide bonds. The van der Waals surface area contributed by atoms with Gasteiger partial charge in [0.25, 0.3) is 5.91 Å². The Hall–Kier alpha value is -2.25. The maximum absolute atomic E-state index is 13.1. The Morgan fingerprint density at radius 1 is 1.14 bits per heavy atom. The highest BCUT2D eigenvalue weighted by molar-refractivity contribution is 7.17. The van der Waals surface area contributed by atoms with Crippen molar-refractivity contribution in [2.75, 3.05) is 0 Å². The standard InChI is InChI=1S/C29H38N2O4S/c1-28(2,35)20-12-18(13-21(16-20)29(3)9-10-29)24-23(11-17-7-5-4-6-8-17)31-26(36-24)25(32)30-22-14-19(15-22)27(33)34/h12-13,16-17,19,22,35H,4-11,14-15H2,1-3H3,(H,30,32)(H,33,34)/t19-,22-. The molecule has 1 aromatic carbocycles. The first kappa shape index (κ1) is 25.4. The summed E-state index contributed by atoms with van der Waals surface area (Å²) in [5, 5.41) is 23.5. The quantitative estimate of drug-likeness (QED) is 0.416. The van der Waals surface area contributed by atoms with Crippen molar-refractivity contribution in [2.24, 2.45) is 11.8 Å². The third-order valence-electron chi connectivity index (χ3n) is 8.52. The average Bonchev–Trinajstić information content (AvgIpc) is 3.42. The molecule has 0 atom stereocenters. The van der Waals surface area contributed by atoms with Gasteiger partial charge in [0, 0.05) is 6.04 Å². The average molecular weight is 511 g/mol. The molecule has 3 aliphatic carbocycles. The van der Waals surface area contributed by atoms with Gasteiger partial charge in [0.1, 0.15) is 0 Å². The molecule has 1 heterocycles. The fraction of sp³-hybridized carbons (Fsp3) is 0.621. The number of hydrogen-bond acceptors (Lipinski definition) is 5. The molecule has 0 radical (unpaired) electrons. The monoisotopic (exact) mass is 510 g/mol. The minimum atomic E-state index is -0.963. The lowest BCUT2D eigenvalue weighted by atomic mass is 9.80. The number of aliphatic carboxylic acids is 1. The van der Waals surface area contributed by atoms with E-state index in [4.69, 9.17) is 10.1 Å². The van der Waals surface area contributed by atoms with Gasteiger partial charge in [-0.3, -0.25) is 9.59 Å². The number of carbonyl (C=O) groups is 2. The Morgan fingerprint density at radius 2 is 1.83 bits per heavy atom. The molecule has 5 rings (SSSR count). The molecule has 6 nitrogen and oxygen atoms in total. The van der Waals surface area contributed by atoms with Crippen molar-refractivity contribution < 1.29 is 19.8 Å². The Bertz CT molecular complexity index is 1130. The SMILES string of the molecule is CC(C)(O)c1cc(-c2sc(C(=O)N[C@H]3C[C@H](C(=O)O)C3)nc2CC2CCCCC2)cc(C2(C)CC2)c1. The molecule has 194 valence electrons. The van der Waals surface area contributed by atoms with Crippen LogP contribution in [-0.2, 0) is 22.2 Å². The summed E-state index contributed by atoms with van der Waals surface area (Å²) >= 11 is 1.43. The molecule has 3 N–H and O–H groups in total. The van der Waals surface area contributed by atoms with E-state index in [-0.39, 0.29) is 23.3 Å². The summed E-state index contributed by atoms with van der Waals surface area (Å²) in [7, 11) is 0. The maximum Gasteiger partial charge on any atom is 0.306 e. The number of aliphatic hydroxyl groups is 1. The zero-order valence-corrected chi connectivity index (χ0v) is 22.4. The second-order valence-electron chi connectivity index (χ2n) is 12.1. The second kappa shape index (κ2) is 9.56. The van der Waals surface area contributed by atoms with Crippen molar-refractivity contribution in [1.82, 2.24) is 10.3 Å². The van der Waals surface area contributed by atoms with E-state index < -0.39 is 11.6 Å². The van der Waals surface area contributed by atoms with Crippen LogP contribution in [0.3, 0.4) is 0 Å². The lowest BCUT2D eigenvalue weighted by Gasteiger charge is -2.32. The zero-order chi connectivity index (χ0) is 25.7. The van der Waals surface area contributed by atoms with Crippen LogP contribution in [0.4, 0.5) is 0 Å². The predicted octanol–water partition coefficient (Wildman–Crippen LogP) is 5.80. The normalized spacial score (nSPS) is 23.7. The first-order valence-corrected chi connectivity index (χ1v) is 14.3. The molecule has 0 saturated heterocycles. The molecule has 0 unspecified atom stereocenters. The van der Waals surface area contributed by atoms with Crippen LogP contribution in [0.25, 0.3) is 10.4 Å². The zero-order valence-electron chi connectivity index (χ0n) is 21.6. The van der Waals surface area contributed by atoms with Crippen molar-refractivity contribution in [3.8, 4) is 10.4 Å². The van der Waals surface area contributed by atoms with Crippen molar-refractivity contribution in [2.45, 2.75) is 102 Å². The molecule has 0 aliphatic heterocycles. The molecule has 1 aromatic heterocycles. The van der Waals surface area contributed by atoms with Crippen LogP contribution >= 0.6 is 11.3 Å². The van der Waals surface area contributed by atoms with Crippen LogP contribution in [0.15, 0.2) is 18.2 Å². The molecule has 36 heavy (non-hydrogen) atoms. The predicted molar refractivity (Wildman–Crippen MR) is 141 cm³/mol.